The van der Waals surface area contributed by atoms with E-state index in [0.717, 1.165) is 11.3 Å². The molecule has 1 atom stereocenters. The summed E-state index contributed by atoms with van der Waals surface area (Å²) in [5, 5.41) is 2.73. The minimum Gasteiger partial charge on any atom is -0.497 e. The van der Waals surface area contributed by atoms with Gasteiger partial charge >= 0.3 is 5.97 Å². The van der Waals surface area contributed by atoms with Crippen molar-refractivity contribution >= 4 is 11.9 Å². The van der Waals surface area contributed by atoms with Crippen LogP contribution in [0.3, 0.4) is 0 Å². The molecule has 2 aromatic rings. The Bertz CT molecular complexity index is 788. The Morgan fingerprint density at radius 1 is 0.926 bits per heavy atom. The second kappa shape index (κ2) is 9.47. The number of hydrogen-bond donors (Lipinski definition) is 1. The molecule has 0 radical (unpaired) electrons. The first-order chi connectivity index (χ1) is 13.0. The Hall–Kier alpha value is -3.22. The maximum Gasteiger partial charge on any atom is 0.342 e. The molecule has 0 bridgehead atoms. The highest BCUT2D eigenvalue weighted by atomic mass is 16.5. The predicted molar refractivity (Wildman–Crippen MR) is 99.3 cm³/mol. The van der Waals surface area contributed by atoms with Crippen molar-refractivity contribution < 1.29 is 28.5 Å². The van der Waals surface area contributed by atoms with Crippen molar-refractivity contribution in [1.82, 2.24) is 5.32 Å². The van der Waals surface area contributed by atoms with Crippen molar-refractivity contribution in [2.45, 2.75) is 19.6 Å². The fourth-order valence-electron chi connectivity index (χ4n) is 2.33. The van der Waals surface area contributed by atoms with Crippen LogP contribution in [-0.2, 0) is 16.1 Å². The molecule has 0 aliphatic rings. The lowest BCUT2D eigenvalue weighted by Gasteiger charge is -2.15. The Morgan fingerprint density at radius 2 is 1.56 bits per heavy atom. The van der Waals surface area contributed by atoms with E-state index in [1.165, 1.54) is 27.2 Å². The highest BCUT2D eigenvalue weighted by Gasteiger charge is 2.21. The van der Waals surface area contributed by atoms with Gasteiger partial charge in [-0.1, -0.05) is 12.1 Å². The number of nitrogens with one attached hydrogen (secondary N) is 1. The lowest BCUT2D eigenvalue weighted by molar-refractivity contribution is -0.129. The molecule has 0 aliphatic carbocycles. The zero-order chi connectivity index (χ0) is 19.8. The molecule has 1 amide bonds. The lowest BCUT2D eigenvalue weighted by atomic mass is 10.2. The van der Waals surface area contributed by atoms with Crippen molar-refractivity contribution in [1.29, 1.82) is 0 Å². The molecule has 27 heavy (non-hydrogen) atoms. The van der Waals surface area contributed by atoms with Gasteiger partial charge in [-0.2, -0.15) is 0 Å². The minimum atomic E-state index is -0.966. The molecule has 2 rings (SSSR count). The summed E-state index contributed by atoms with van der Waals surface area (Å²) in [4.78, 5) is 24.6. The van der Waals surface area contributed by atoms with Gasteiger partial charge in [0.05, 0.1) is 21.3 Å². The van der Waals surface area contributed by atoms with Crippen molar-refractivity contribution in [3.05, 3.63) is 53.6 Å². The summed E-state index contributed by atoms with van der Waals surface area (Å²) >= 11 is 0. The van der Waals surface area contributed by atoms with Gasteiger partial charge in [0.2, 0.25) is 0 Å². The minimum absolute atomic E-state index is 0.187. The lowest BCUT2D eigenvalue weighted by Crippen LogP contribution is -2.35. The molecule has 1 N–H and O–H groups in total. The zero-order valence-corrected chi connectivity index (χ0v) is 15.8. The fourth-order valence-corrected chi connectivity index (χ4v) is 2.33. The number of esters is 1. The number of benzene rings is 2. The van der Waals surface area contributed by atoms with Crippen LogP contribution in [0.15, 0.2) is 42.5 Å². The number of ether oxygens (including phenoxy) is 4. The van der Waals surface area contributed by atoms with Gasteiger partial charge in [0.1, 0.15) is 22.8 Å². The Labute approximate surface area is 158 Å². The third kappa shape index (κ3) is 5.37. The summed E-state index contributed by atoms with van der Waals surface area (Å²) in [5.41, 5.74) is 1.09. The van der Waals surface area contributed by atoms with Gasteiger partial charge in [-0.3, -0.25) is 4.79 Å². The zero-order valence-electron chi connectivity index (χ0n) is 15.8. The standard InChI is InChI=1S/C20H23NO6/c1-13(19(22)21-12-14-5-7-15(24-2)8-6-14)27-20(23)17-11-16(25-3)9-10-18(17)26-4/h5-11,13H,12H2,1-4H3,(H,21,22)/t13-/m1/s1. The monoisotopic (exact) mass is 373 g/mol. The van der Waals surface area contributed by atoms with Gasteiger partial charge in [0, 0.05) is 6.54 Å². The van der Waals surface area contributed by atoms with Gasteiger partial charge in [-0.25, -0.2) is 4.79 Å². The number of methoxy groups -OCH3 is 3. The molecule has 0 heterocycles. The Morgan fingerprint density at radius 3 is 2.15 bits per heavy atom. The van der Waals surface area contributed by atoms with Crippen LogP contribution in [-0.4, -0.2) is 39.3 Å². The number of hydrogen-bond acceptors (Lipinski definition) is 6. The quantitative estimate of drug-likeness (QED) is 0.716. The Balaban J connectivity index is 1.95. The topological polar surface area (TPSA) is 83.1 Å². The molecule has 0 saturated carbocycles. The van der Waals surface area contributed by atoms with Crippen LogP contribution in [0, 0.1) is 0 Å². The number of carbonyl (C=O) groups is 2. The Kier molecular flexibility index (Phi) is 7.05. The summed E-state index contributed by atoms with van der Waals surface area (Å²) in [7, 11) is 4.53. The van der Waals surface area contributed by atoms with Crippen molar-refractivity contribution in [3.63, 3.8) is 0 Å². The molecule has 0 spiro atoms. The molecule has 0 unspecified atom stereocenters. The smallest absolute Gasteiger partial charge is 0.342 e. The van der Waals surface area contributed by atoms with E-state index in [-0.39, 0.29) is 5.56 Å². The van der Waals surface area contributed by atoms with E-state index in [2.05, 4.69) is 5.32 Å². The van der Waals surface area contributed by atoms with Crippen LogP contribution >= 0.6 is 0 Å². The molecule has 0 aliphatic heterocycles. The number of carbonyl (C=O) groups excluding carboxylic acids is 2. The number of rotatable bonds is 8. The van der Waals surface area contributed by atoms with Gasteiger partial charge in [0.15, 0.2) is 6.10 Å². The van der Waals surface area contributed by atoms with Crippen LogP contribution in [0.2, 0.25) is 0 Å². The average molecular weight is 373 g/mol. The van der Waals surface area contributed by atoms with E-state index in [9.17, 15) is 9.59 Å². The SMILES string of the molecule is COc1ccc(CNC(=O)[C@@H](C)OC(=O)c2cc(OC)ccc2OC)cc1. The number of amides is 1. The fraction of sp³-hybridized carbons (Fsp3) is 0.300. The largest absolute Gasteiger partial charge is 0.497 e. The van der Waals surface area contributed by atoms with Gasteiger partial charge < -0.3 is 24.3 Å². The third-order valence-electron chi connectivity index (χ3n) is 3.91. The third-order valence-corrected chi connectivity index (χ3v) is 3.91. The first-order valence-electron chi connectivity index (χ1n) is 8.32. The van der Waals surface area contributed by atoms with E-state index in [1.54, 1.807) is 31.4 Å². The summed E-state index contributed by atoms with van der Waals surface area (Å²) in [6.07, 6.45) is -0.966. The van der Waals surface area contributed by atoms with Crippen LogP contribution in [0.5, 0.6) is 17.2 Å². The summed E-state index contributed by atoms with van der Waals surface area (Å²) in [6.45, 7) is 1.82. The second-order valence-corrected chi connectivity index (χ2v) is 5.68. The van der Waals surface area contributed by atoms with E-state index >= 15 is 0 Å². The van der Waals surface area contributed by atoms with Crippen LogP contribution < -0.4 is 19.5 Å². The average Bonchev–Trinajstić information content (AvgIpc) is 2.71. The summed E-state index contributed by atoms with van der Waals surface area (Å²) in [6, 6.07) is 12.1. The summed E-state index contributed by atoms with van der Waals surface area (Å²) in [5.74, 6) is 0.490. The maximum atomic E-state index is 12.4. The van der Waals surface area contributed by atoms with Gasteiger partial charge in [-0.05, 0) is 42.8 Å². The van der Waals surface area contributed by atoms with Crippen LogP contribution in [0.25, 0.3) is 0 Å². The van der Waals surface area contributed by atoms with Crippen molar-refractivity contribution in [2.24, 2.45) is 0 Å². The molecule has 7 heteroatoms. The van der Waals surface area contributed by atoms with Crippen LogP contribution in [0.1, 0.15) is 22.8 Å². The van der Waals surface area contributed by atoms with Gasteiger partial charge in [0.25, 0.3) is 5.91 Å². The normalized spacial score (nSPS) is 11.3. The molecular formula is C20H23NO6. The van der Waals surface area contributed by atoms with E-state index in [4.69, 9.17) is 18.9 Å². The molecular weight excluding hydrogens is 350 g/mol. The predicted octanol–water partition coefficient (Wildman–Crippen LogP) is 2.57. The van der Waals surface area contributed by atoms with Crippen LogP contribution in [0.4, 0.5) is 0 Å². The summed E-state index contributed by atoms with van der Waals surface area (Å²) < 4.78 is 20.6. The highest BCUT2D eigenvalue weighted by molar-refractivity contribution is 5.95. The van der Waals surface area contributed by atoms with Crippen molar-refractivity contribution in [2.75, 3.05) is 21.3 Å². The van der Waals surface area contributed by atoms with Crippen molar-refractivity contribution in [3.8, 4) is 17.2 Å². The van der Waals surface area contributed by atoms with E-state index in [1.807, 2.05) is 12.1 Å². The second-order valence-electron chi connectivity index (χ2n) is 5.68. The highest BCUT2D eigenvalue weighted by Crippen LogP contribution is 2.25. The van der Waals surface area contributed by atoms with E-state index < -0.39 is 18.0 Å². The molecule has 7 nitrogen and oxygen atoms in total. The van der Waals surface area contributed by atoms with E-state index in [0.29, 0.717) is 18.0 Å². The maximum absolute atomic E-state index is 12.4. The first kappa shape index (κ1) is 20.1. The molecule has 0 fully saturated rings. The first-order valence-corrected chi connectivity index (χ1v) is 8.32. The molecule has 0 aromatic heterocycles. The molecule has 0 saturated heterocycles. The molecule has 144 valence electrons. The molecule has 2 aromatic carbocycles. The van der Waals surface area contributed by atoms with Gasteiger partial charge in [-0.15, -0.1) is 0 Å².